The molecule has 2 rings (SSSR count). The Balaban J connectivity index is 2.25. The molecule has 0 aromatic carbocycles. The molecule has 2 heteroatoms. The van der Waals surface area contributed by atoms with Crippen molar-refractivity contribution >= 4 is 6.21 Å². The Morgan fingerprint density at radius 3 is 3.44 bits per heavy atom. The van der Waals surface area contributed by atoms with Crippen LogP contribution in [0.2, 0.25) is 0 Å². The molecule has 0 saturated carbocycles. The lowest BCUT2D eigenvalue weighted by Crippen LogP contribution is -2.24. The maximum absolute atomic E-state index is 4.17. The van der Waals surface area contributed by atoms with Gasteiger partial charge in [0.15, 0.2) is 0 Å². The van der Waals surface area contributed by atoms with Crippen molar-refractivity contribution in [3.8, 4) is 0 Å². The van der Waals surface area contributed by atoms with Gasteiger partial charge in [0.1, 0.15) is 6.17 Å². The van der Waals surface area contributed by atoms with Crippen LogP contribution in [0, 0.1) is 12.0 Å². The van der Waals surface area contributed by atoms with Gasteiger partial charge in [-0.1, -0.05) is 6.08 Å². The molecule has 2 aliphatic heterocycles. The van der Waals surface area contributed by atoms with Crippen LogP contribution in [0.25, 0.3) is 0 Å². The third-order valence-corrected chi connectivity index (χ3v) is 1.52. The minimum absolute atomic E-state index is 0.231. The minimum Gasteiger partial charge on any atom is -0.369 e. The molecule has 1 radical (unpaired) electrons. The molecule has 9 heavy (non-hydrogen) atoms. The summed E-state index contributed by atoms with van der Waals surface area (Å²) in [4.78, 5) is 4.17. The van der Waals surface area contributed by atoms with Gasteiger partial charge in [0.2, 0.25) is 0 Å². The second-order valence-corrected chi connectivity index (χ2v) is 2.13. The fraction of sp³-hybridized carbons (Fsp3) is 0.286. The zero-order valence-electron chi connectivity index (χ0n) is 4.91. The lowest BCUT2D eigenvalue weighted by molar-refractivity contribution is 0.566. The van der Waals surface area contributed by atoms with Crippen molar-refractivity contribution in [2.24, 2.45) is 10.9 Å². The molecule has 45 valence electrons. The summed E-state index contributed by atoms with van der Waals surface area (Å²) in [6, 6.07) is 0. The van der Waals surface area contributed by atoms with E-state index >= 15 is 0 Å². The number of allylic oxidation sites excluding steroid dienone is 1. The number of hydrogen-bond acceptors (Lipinski definition) is 2. The van der Waals surface area contributed by atoms with E-state index < -0.39 is 0 Å². The van der Waals surface area contributed by atoms with Gasteiger partial charge in [0.25, 0.3) is 0 Å². The Kier molecular flexibility index (Phi) is 0.918. The Morgan fingerprint density at radius 2 is 2.56 bits per heavy atom. The summed E-state index contributed by atoms with van der Waals surface area (Å²) in [5.74, 6) is 0.370. The van der Waals surface area contributed by atoms with Gasteiger partial charge in [-0.15, -0.1) is 0 Å². The van der Waals surface area contributed by atoms with Crippen molar-refractivity contribution in [3.05, 3.63) is 24.4 Å². The monoisotopic (exact) mass is 119 g/mol. The van der Waals surface area contributed by atoms with Crippen molar-refractivity contribution in [2.75, 3.05) is 0 Å². The van der Waals surface area contributed by atoms with Crippen molar-refractivity contribution in [1.29, 1.82) is 0 Å². The summed E-state index contributed by atoms with van der Waals surface area (Å²) in [7, 11) is 0. The second kappa shape index (κ2) is 1.72. The highest BCUT2D eigenvalue weighted by atomic mass is 15.1. The second-order valence-electron chi connectivity index (χ2n) is 2.13. The number of nitrogens with zero attached hydrogens (tertiary/aromatic N) is 1. The molecule has 2 atom stereocenters. The normalized spacial score (nSPS) is 36.4. The van der Waals surface area contributed by atoms with E-state index in [4.69, 9.17) is 0 Å². The largest absolute Gasteiger partial charge is 0.369 e. The van der Waals surface area contributed by atoms with E-state index in [-0.39, 0.29) is 6.17 Å². The highest BCUT2D eigenvalue weighted by Gasteiger charge is 2.19. The number of rotatable bonds is 0. The maximum Gasteiger partial charge on any atom is 0.128 e. The van der Waals surface area contributed by atoms with Crippen LogP contribution in [0.15, 0.2) is 23.3 Å². The first-order valence-electron chi connectivity index (χ1n) is 3.00. The minimum atomic E-state index is 0.231. The van der Waals surface area contributed by atoms with Gasteiger partial charge < -0.3 is 5.32 Å². The number of nitrogens with one attached hydrogen (secondary N) is 1. The van der Waals surface area contributed by atoms with Gasteiger partial charge in [0.05, 0.1) is 0 Å². The molecule has 2 heterocycles. The zero-order chi connectivity index (χ0) is 6.10. The van der Waals surface area contributed by atoms with Crippen molar-refractivity contribution in [3.63, 3.8) is 0 Å². The molecule has 0 amide bonds. The fourth-order valence-corrected chi connectivity index (χ4v) is 1.03. The highest BCUT2D eigenvalue weighted by Crippen LogP contribution is 2.15. The summed E-state index contributed by atoms with van der Waals surface area (Å²) in [6.45, 7) is 0. The summed E-state index contributed by atoms with van der Waals surface area (Å²) < 4.78 is 0. The highest BCUT2D eigenvalue weighted by molar-refractivity contribution is 5.72. The first-order valence-corrected chi connectivity index (χ1v) is 3.00. The van der Waals surface area contributed by atoms with E-state index in [1.807, 2.05) is 18.5 Å². The van der Waals surface area contributed by atoms with Gasteiger partial charge in [-0.3, -0.25) is 4.99 Å². The van der Waals surface area contributed by atoms with Crippen LogP contribution in [0.1, 0.15) is 0 Å². The summed E-state index contributed by atoms with van der Waals surface area (Å²) in [6.07, 6.45) is 11.0. The molecular weight excluding hydrogens is 112 g/mol. The molecule has 0 saturated heterocycles. The van der Waals surface area contributed by atoms with Crippen LogP contribution < -0.4 is 5.32 Å². The molecule has 0 fully saturated rings. The van der Waals surface area contributed by atoms with E-state index in [9.17, 15) is 0 Å². The SMILES string of the molecule is [C]1=CNC2N=CC=CC12. The summed E-state index contributed by atoms with van der Waals surface area (Å²) >= 11 is 0. The molecule has 2 unspecified atom stereocenters. The predicted octanol–water partition coefficient (Wildman–Crippen LogP) is 0.489. The zero-order valence-corrected chi connectivity index (χ0v) is 4.91. The van der Waals surface area contributed by atoms with Gasteiger partial charge in [-0.2, -0.15) is 0 Å². The molecule has 1 N–H and O–H groups in total. The number of hydrogen-bond donors (Lipinski definition) is 1. The quantitative estimate of drug-likeness (QED) is 0.493. The Hall–Kier alpha value is -1.05. The average Bonchev–Trinajstić information content (AvgIpc) is 2.33. The summed E-state index contributed by atoms with van der Waals surface area (Å²) in [5, 5.41) is 3.07. The first kappa shape index (κ1) is 4.79. The molecule has 0 bridgehead atoms. The predicted molar refractivity (Wildman–Crippen MR) is 35.9 cm³/mol. The first-order chi connectivity index (χ1) is 4.47. The van der Waals surface area contributed by atoms with Crippen LogP contribution >= 0.6 is 0 Å². The third kappa shape index (κ3) is 0.669. The number of fused-ring (bicyclic) bond motifs is 1. The van der Waals surface area contributed by atoms with Gasteiger partial charge >= 0.3 is 0 Å². The third-order valence-electron chi connectivity index (χ3n) is 1.52. The number of aliphatic imine (C=N–C) groups is 1. The molecule has 0 aliphatic carbocycles. The smallest absolute Gasteiger partial charge is 0.128 e. The van der Waals surface area contributed by atoms with Gasteiger partial charge in [-0.25, -0.2) is 0 Å². The summed E-state index contributed by atoms with van der Waals surface area (Å²) in [5.41, 5.74) is 0. The molecule has 2 aliphatic rings. The van der Waals surface area contributed by atoms with Crippen molar-refractivity contribution in [2.45, 2.75) is 6.17 Å². The van der Waals surface area contributed by atoms with Crippen molar-refractivity contribution < 1.29 is 0 Å². The van der Waals surface area contributed by atoms with E-state index in [1.165, 1.54) is 0 Å². The molecule has 0 spiro atoms. The van der Waals surface area contributed by atoms with Gasteiger partial charge in [-0.05, 0) is 12.2 Å². The molecule has 0 aromatic rings. The van der Waals surface area contributed by atoms with Crippen LogP contribution in [0.3, 0.4) is 0 Å². The standard InChI is InChI=1S/C7H7N2/c1-2-6-3-5-9-7(6)8-4-1/h1-2,4-7,9H. The van der Waals surface area contributed by atoms with E-state index in [1.54, 1.807) is 0 Å². The number of dihydropyridines is 1. The van der Waals surface area contributed by atoms with E-state index in [2.05, 4.69) is 22.5 Å². The van der Waals surface area contributed by atoms with E-state index in [0.29, 0.717) is 5.92 Å². The topological polar surface area (TPSA) is 24.4 Å². The fourth-order valence-electron chi connectivity index (χ4n) is 1.03. The lowest BCUT2D eigenvalue weighted by atomic mass is 10.1. The molecule has 0 aromatic heterocycles. The maximum atomic E-state index is 4.17. The lowest BCUT2D eigenvalue weighted by Gasteiger charge is -2.13. The van der Waals surface area contributed by atoms with Crippen LogP contribution in [0.5, 0.6) is 0 Å². The van der Waals surface area contributed by atoms with Crippen molar-refractivity contribution in [1.82, 2.24) is 5.32 Å². The van der Waals surface area contributed by atoms with Gasteiger partial charge in [0, 0.05) is 18.3 Å². The van der Waals surface area contributed by atoms with E-state index in [0.717, 1.165) is 0 Å². The Bertz CT molecular complexity index is 191. The molecular formula is C7H7N2. The Labute approximate surface area is 54.0 Å². The van der Waals surface area contributed by atoms with Crippen LogP contribution in [0.4, 0.5) is 0 Å². The Morgan fingerprint density at radius 1 is 1.56 bits per heavy atom. The van der Waals surface area contributed by atoms with Crippen LogP contribution in [-0.4, -0.2) is 12.4 Å². The molecule has 2 nitrogen and oxygen atoms in total. The average molecular weight is 119 g/mol. The van der Waals surface area contributed by atoms with Crippen LogP contribution in [-0.2, 0) is 0 Å².